The van der Waals surface area contributed by atoms with Crippen LogP contribution in [-0.2, 0) is 0 Å². The van der Waals surface area contributed by atoms with Crippen molar-refractivity contribution in [3.05, 3.63) is 75.7 Å². The van der Waals surface area contributed by atoms with E-state index in [-0.39, 0.29) is 11.5 Å². The van der Waals surface area contributed by atoms with E-state index in [4.69, 9.17) is 0 Å². The van der Waals surface area contributed by atoms with E-state index in [0.717, 1.165) is 0 Å². The maximum absolute atomic E-state index is 12.9. The number of carbonyl (C=O) groups is 1. The molecule has 0 aliphatic heterocycles. The molecule has 104 valence electrons. The second-order valence-electron chi connectivity index (χ2n) is 4.50. The Morgan fingerprint density at radius 2 is 1.86 bits per heavy atom. The Labute approximate surface area is 118 Å². The Kier molecular flexibility index (Phi) is 2.98. The lowest BCUT2D eigenvalue weighted by Gasteiger charge is -2.00. The minimum absolute atomic E-state index is 0.0920. The van der Waals surface area contributed by atoms with Crippen molar-refractivity contribution in [2.24, 2.45) is 0 Å². The number of hydrogen-bond donors (Lipinski definition) is 1. The fourth-order valence-corrected chi connectivity index (χ4v) is 2.24. The molecular weight excluding hydrogens is 275 g/mol. The van der Waals surface area contributed by atoms with Gasteiger partial charge in [-0.3, -0.25) is 14.9 Å². The van der Waals surface area contributed by atoms with Crippen molar-refractivity contribution in [3.8, 4) is 0 Å². The van der Waals surface area contributed by atoms with Gasteiger partial charge in [0.2, 0.25) is 0 Å². The number of fused-ring (bicyclic) bond motifs is 1. The molecule has 2 aromatic carbocycles. The van der Waals surface area contributed by atoms with Crippen LogP contribution in [0.3, 0.4) is 0 Å². The molecule has 0 unspecified atom stereocenters. The predicted molar refractivity (Wildman–Crippen MR) is 74.8 cm³/mol. The summed E-state index contributed by atoms with van der Waals surface area (Å²) in [4.78, 5) is 25.6. The number of aromatic nitrogens is 1. The second-order valence-corrected chi connectivity index (χ2v) is 4.50. The maximum Gasteiger partial charge on any atom is 0.293 e. The monoisotopic (exact) mass is 284 g/mol. The van der Waals surface area contributed by atoms with E-state index >= 15 is 0 Å². The summed E-state index contributed by atoms with van der Waals surface area (Å²) in [5, 5.41) is 11.4. The smallest absolute Gasteiger partial charge is 0.293 e. The van der Waals surface area contributed by atoms with Crippen LogP contribution in [0.5, 0.6) is 0 Å². The van der Waals surface area contributed by atoms with Crippen molar-refractivity contribution >= 4 is 22.4 Å². The number of H-pyrrole nitrogens is 1. The number of benzene rings is 2. The van der Waals surface area contributed by atoms with Crippen LogP contribution in [0.25, 0.3) is 10.9 Å². The van der Waals surface area contributed by atoms with Gasteiger partial charge in [-0.2, -0.15) is 0 Å². The van der Waals surface area contributed by atoms with Crippen molar-refractivity contribution in [1.82, 2.24) is 4.98 Å². The molecular formula is C15H9FN2O3. The molecule has 6 heteroatoms. The first-order chi connectivity index (χ1) is 10.1. The zero-order valence-electron chi connectivity index (χ0n) is 10.7. The summed E-state index contributed by atoms with van der Waals surface area (Å²) < 4.78 is 12.9. The normalized spacial score (nSPS) is 10.7. The summed E-state index contributed by atoms with van der Waals surface area (Å²) in [5.41, 5.74) is 0.850. The third kappa shape index (κ3) is 2.16. The first-order valence-electron chi connectivity index (χ1n) is 6.12. The van der Waals surface area contributed by atoms with Crippen molar-refractivity contribution in [3.63, 3.8) is 0 Å². The largest absolute Gasteiger partial charge is 0.355 e. The highest BCUT2D eigenvalue weighted by atomic mass is 19.1. The lowest BCUT2D eigenvalue weighted by Crippen LogP contribution is -2.00. The van der Waals surface area contributed by atoms with Crippen molar-refractivity contribution < 1.29 is 14.1 Å². The molecule has 0 amide bonds. The molecule has 3 rings (SSSR count). The van der Waals surface area contributed by atoms with Gasteiger partial charge in [-0.05, 0) is 24.3 Å². The number of nitro groups is 1. The van der Waals surface area contributed by atoms with E-state index in [1.807, 2.05) is 0 Å². The topological polar surface area (TPSA) is 76.0 Å². The zero-order chi connectivity index (χ0) is 15.0. The standard InChI is InChI=1S/C15H9FN2O3/c16-10-6-4-9(5-7-10)15(19)12-8-17-14-11(12)2-1-3-13(14)18(20)21/h1-8,17H. The van der Waals surface area contributed by atoms with Gasteiger partial charge in [0.05, 0.1) is 4.92 Å². The molecule has 21 heavy (non-hydrogen) atoms. The van der Waals surface area contributed by atoms with Gasteiger partial charge in [-0.25, -0.2) is 4.39 Å². The van der Waals surface area contributed by atoms with Crippen molar-refractivity contribution in [2.75, 3.05) is 0 Å². The predicted octanol–water partition coefficient (Wildman–Crippen LogP) is 3.45. The molecule has 0 aliphatic carbocycles. The summed E-state index contributed by atoms with van der Waals surface area (Å²) in [6.45, 7) is 0. The summed E-state index contributed by atoms with van der Waals surface area (Å²) in [5.74, 6) is -0.747. The summed E-state index contributed by atoms with van der Waals surface area (Å²) in [6, 6.07) is 9.69. The van der Waals surface area contributed by atoms with Crippen LogP contribution in [0, 0.1) is 15.9 Å². The SMILES string of the molecule is O=C(c1ccc(F)cc1)c1c[nH]c2c([N+](=O)[O-])cccc12. The van der Waals surface area contributed by atoms with Gasteiger partial charge in [-0.15, -0.1) is 0 Å². The molecule has 0 bridgehead atoms. The number of para-hydroxylation sites is 1. The number of hydrogen-bond acceptors (Lipinski definition) is 3. The highest BCUT2D eigenvalue weighted by Crippen LogP contribution is 2.28. The van der Waals surface area contributed by atoms with E-state index in [1.165, 1.54) is 42.6 Å². The molecule has 3 aromatic rings. The Balaban J connectivity index is 2.13. The summed E-state index contributed by atoms with van der Waals surface area (Å²) in [6.07, 6.45) is 1.43. The van der Waals surface area contributed by atoms with E-state index in [9.17, 15) is 19.3 Å². The van der Waals surface area contributed by atoms with Crippen molar-refractivity contribution in [2.45, 2.75) is 0 Å². The lowest BCUT2D eigenvalue weighted by molar-refractivity contribution is -0.383. The lowest BCUT2D eigenvalue weighted by atomic mass is 10.0. The molecule has 5 nitrogen and oxygen atoms in total. The van der Waals surface area contributed by atoms with Gasteiger partial charge < -0.3 is 4.98 Å². The van der Waals surface area contributed by atoms with Gasteiger partial charge in [-0.1, -0.05) is 12.1 Å². The quantitative estimate of drug-likeness (QED) is 0.454. The number of nitrogens with zero attached hydrogens (tertiary/aromatic N) is 1. The van der Waals surface area contributed by atoms with Crippen LogP contribution in [0.4, 0.5) is 10.1 Å². The minimum atomic E-state index is -0.509. The number of aromatic amines is 1. The fourth-order valence-electron chi connectivity index (χ4n) is 2.24. The highest BCUT2D eigenvalue weighted by Gasteiger charge is 2.19. The van der Waals surface area contributed by atoms with E-state index < -0.39 is 10.7 Å². The first kappa shape index (κ1) is 13.0. The van der Waals surface area contributed by atoms with Crippen LogP contribution in [0.1, 0.15) is 15.9 Å². The second kappa shape index (κ2) is 4.82. The number of nitrogens with one attached hydrogen (secondary N) is 1. The summed E-state index contributed by atoms with van der Waals surface area (Å²) >= 11 is 0. The Hall–Kier alpha value is -3.02. The fraction of sp³-hybridized carbons (Fsp3) is 0. The number of carbonyl (C=O) groups excluding carboxylic acids is 1. The third-order valence-corrected chi connectivity index (χ3v) is 3.24. The molecule has 0 atom stereocenters. The molecule has 0 radical (unpaired) electrons. The average Bonchev–Trinajstić information content (AvgIpc) is 2.90. The first-order valence-corrected chi connectivity index (χ1v) is 6.12. The Bertz CT molecular complexity index is 853. The van der Waals surface area contributed by atoms with Crippen molar-refractivity contribution in [1.29, 1.82) is 0 Å². The molecule has 0 aliphatic rings. The molecule has 0 fully saturated rings. The zero-order valence-corrected chi connectivity index (χ0v) is 10.7. The minimum Gasteiger partial charge on any atom is -0.355 e. The number of rotatable bonds is 3. The van der Waals surface area contributed by atoms with Crippen LogP contribution in [0.2, 0.25) is 0 Å². The van der Waals surface area contributed by atoms with Crippen LogP contribution in [-0.4, -0.2) is 15.7 Å². The van der Waals surface area contributed by atoms with Gasteiger partial charge in [0.15, 0.2) is 5.78 Å². The van der Waals surface area contributed by atoms with E-state index in [0.29, 0.717) is 22.0 Å². The Morgan fingerprint density at radius 1 is 1.14 bits per heavy atom. The van der Waals surface area contributed by atoms with Gasteiger partial charge >= 0.3 is 0 Å². The van der Waals surface area contributed by atoms with Crippen LogP contribution in [0.15, 0.2) is 48.7 Å². The molecule has 0 saturated carbocycles. The van der Waals surface area contributed by atoms with E-state index in [2.05, 4.69) is 4.98 Å². The third-order valence-electron chi connectivity index (χ3n) is 3.24. The maximum atomic E-state index is 12.9. The number of non-ortho nitro benzene ring substituents is 1. The molecule has 1 N–H and O–H groups in total. The van der Waals surface area contributed by atoms with Crippen LogP contribution >= 0.6 is 0 Å². The number of halogens is 1. The van der Waals surface area contributed by atoms with Gasteiger partial charge in [0.1, 0.15) is 11.3 Å². The molecule has 0 saturated heterocycles. The molecule has 0 spiro atoms. The average molecular weight is 284 g/mol. The summed E-state index contributed by atoms with van der Waals surface area (Å²) in [7, 11) is 0. The Morgan fingerprint density at radius 3 is 2.52 bits per heavy atom. The highest BCUT2D eigenvalue weighted by molar-refractivity contribution is 6.17. The van der Waals surface area contributed by atoms with Gasteiger partial charge in [0.25, 0.3) is 5.69 Å². The molecule has 1 aromatic heterocycles. The number of ketones is 1. The van der Waals surface area contributed by atoms with Gasteiger partial charge in [0, 0.05) is 28.8 Å². The molecule has 1 heterocycles. The number of nitro benzene ring substituents is 1. The van der Waals surface area contributed by atoms with E-state index in [1.54, 1.807) is 6.07 Å². The van der Waals surface area contributed by atoms with Crippen LogP contribution < -0.4 is 0 Å².